The van der Waals surface area contributed by atoms with E-state index < -0.39 is 0 Å². The first-order chi connectivity index (χ1) is 17.7. The Hall–Kier alpha value is -4.34. The summed E-state index contributed by atoms with van der Waals surface area (Å²) in [6.07, 6.45) is 4.63. The van der Waals surface area contributed by atoms with E-state index in [4.69, 9.17) is 5.26 Å². The van der Waals surface area contributed by atoms with Crippen LogP contribution in [-0.2, 0) is 26.1 Å². The van der Waals surface area contributed by atoms with E-state index >= 15 is 0 Å². The summed E-state index contributed by atoms with van der Waals surface area (Å²) in [5.41, 5.74) is 6.63. The van der Waals surface area contributed by atoms with Crippen LogP contribution in [-0.4, -0.2) is 31.2 Å². The number of benzene rings is 3. The molecule has 178 valence electrons. The van der Waals surface area contributed by atoms with Crippen LogP contribution in [0.5, 0.6) is 0 Å². The smallest absolute Gasteiger partial charge is 0.147 e. The van der Waals surface area contributed by atoms with E-state index in [0.29, 0.717) is 18.7 Å². The Labute approximate surface area is 211 Å². The van der Waals surface area contributed by atoms with Gasteiger partial charge in [-0.1, -0.05) is 60.2 Å². The number of hydrogen-bond donors (Lipinski definition) is 0. The fraction of sp³-hybridized carbons (Fsp3) is 0.200. The normalized spacial score (nSPS) is 11.1. The second-order valence-electron chi connectivity index (χ2n) is 9.12. The molecule has 2 aromatic heterocycles. The lowest BCUT2D eigenvalue weighted by Crippen LogP contribution is -2.27. The third-order valence-electron chi connectivity index (χ3n) is 6.47. The van der Waals surface area contributed by atoms with Crippen LogP contribution in [0, 0.1) is 18.3 Å². The van der Waals surface area contributed by atoms with Gasteiger partial charge >= 0.3 is 0 Å². The summed E-state index contributed by atoms with van der Waals surface area (Å²) >= 11 is 0. The number of aromatic nitrogens is 4. The van der Waals surface area contributed by atoms with Crippen molar-refractivity contribution in [2.75, 3.05) is 6.54 Å². The molecule has 5 rings (SSSR count). The molecule has 6 heteroatoms. The highest BCUT2D eigenvalue weighted by Gasteiger charge is 2.14. The van der Waals surface area contributed by atoms with Gasteiger partial charge in [0.25, 0.3) is 0 Å². The molecule has 2 heterocycles. The maximum Gasteiger partial charge on any atom is 0.147 e. The van der Waals surface area contributed by atoms with E-state index in [0.717, 1.165) is 36.4 Å². The maximum absolute atomic E-state index is 9.08. The Balaban J connectivity index is 1.38. The van der Waals surface area contributed by atoms with Crippen molar-refractivity contribution >= 4 is 10.9 Å². The highest BCUT2D eigenvalue weighted by Crippen LogP contribution is 2.20. The molecular formula is C30H28N6. The molecule has 3 aromatic carbocycles. The lowest BCUT2D eigenvalue weighted by Gasteiger charge is -2.23. The molecule has 0 fully saturated rings. The summed E-state index contributed by atoms with van der Waals surface area (Å²) < 4.78 is 2.09. The van der Waals surface area contributed by atoms with Gasteiger partial charge in [0.2, 0.25) is 0 Å². The summed E-state index contributed by atoms with van der Waals surface area (Å²) in [5.74, 6) is 0.918. The standard InChI is InChI=1S/C30H28N6/c1-23-6-8-24(9-7-23)15-17-35(20-27-14-16-32-29-5-3-2-4-28(27)29)21-30-34-33-22-36(30)19-26-12-10-25(18-31)11-13-26/h2-14,16,22H,15,17,19-21H2,1H3. The quantitative estimate of drug-likeness (QED) is 0.291. The van der Waals surface area contributed by atoms with E-state index in [1.807, 2.05) is 36.5 Å². The molecule has 5 aromatic rings. The van der Waals surface area contributed by atoms with Crippen LogP contribution in [0.2, 0.25) is 0 Å². The van der Waals surface area contributed by atoms with Crippen LogP contribution in [0.4, 0.5) is 0 Å². The third-order valence-corrected chi connectivity index (χ3v) is 6.47. The highest BCUT2D eigenvalue weighted by molar-refractivity contribution is 5.81. The molecule has 0 aliphatic carbocycles. The van der Waals surface area contributed by atoms with Gasteiger partial charge in [0.15, 0.2) is 0 Å². The van der Waals surface area contributed by atoms with E-state index in [1.165, 1.54) is 22.1 Å². The number of hydrogen-bond acceptors (Lipinski definition) is 5. The SMILES string of the molecule is Cc1ccc(CCN(Cc2ccnc3ccccc23)Cc2nncn2Cc2ccc(C#N)cc2)cc1. The Bertz CT molecular complexity index is 1470. The van der Waals surface area contributed by atoms with Crippen molar-refractivity contribution < 1.29 is 0 Å². The van der Waals surface area contributed by atoms with Gasteiger partial charge in [-0.15, -0.1) is 10.2 Å². The van der Waals surface area contributed by atoms with Gasteiger partial charge in [-0.3, -0.25) is 9.88 Å². The van der Waals surface area contributed by atoms with Gasteiger partial charge in [-0.05, 0) is 54.3 Å². The molecule has 0 bridgehead atoms. The zero-order chi connectivity index (χ0) is 24.7. The van der Waals surface area contributed by atoms with Crippen molar-refractivity contribution in [1.29, 1.82) is 5.26 Å². The first kappa shape index (κ1) is 23.4. The van der Waals surface area contributed by atoms with Crippen molar-refractivity contribution in [3.05, 3.63) is 125 Å². The summed E-state index contributed by atoms with van der Waals surface area (Å²) in [6.45, 7) is 5.14. The number of pyridine rings is 1. The molecule has 0 aliphatic rings. The lowest BCUT2D eigenvalue weighted by molar-refractivity contribution is 0.251. The summed E-state index contributed by atoms with van der Waals surface area (Å²) in [5, 5.41) is 18.9. The third kappa shape index (κ3) is 5.65. The highest BCUT2D eigenvalue weighted by atomic mass is 15.3. The number of nitriles is 1. The Morgan fingerprint density at radius 2 is 1.67 bits per heavy atom. The summed E-state index contributed by atoms with van der Waals surface area (Å²) in [4.78, 5) is 6.97. The molecule has 0 saturated carbocycles. The number of rotatable bonds is 9. The average Bonchev–Trinajstić information content (AvgIpc) is 3.35. The second kappa shape index (κ2) is 10.9. The number of nitrogens with zero attached hydrogens (tertiary/aromatic N) is 6. The second-order valence-corrected chi connectivity index (χ2v) is 9.12. The minimum atomic E-state index is 0.662. The van der Waals surface area contributed by atoms with E-state index in [-0.39, 0.29) is 0 Å². The van der Waals surface area contributed by atoms with Crippen molar-refractivity contribution in [2.45, 2.75) is 33.0 Å². The molecular weight excluding hydrogens is 444 g/mol. The molecule has 0 atom stereocenters. The molecule has 0 unspecified atom stereocenters. The predicted molar refractivity (Wildman–Crippen MR) is 141 cm³/mol. The molecule has 0 saturated heterocycles. The molecule has 0 spiro atoms. The topological polar surface area (TPSA) is 70.6 Å². The first-order valence-corrected chi connectivity index (χ1v) is 12.1. The van der Waals surface area contributed by atoms with E-state index in [1.54, 1.807) is 6.33 Å². The molecule has 0 amide bonds. The van der Waals surface area contributed by atoms with Gasteiger partial charge < -0.3 is 4.57 Å². The van der Waals surface area contributed by atoms with Crippen LogP contribution < -0.4 is 0 Å². The van der Waals surface area contributed by atoms with Crippen molar-refractivity contribution in [3.63, 3.8) is 0 Å². The van der Waals surface area contributed by atoms with Crippen molar-refractivity contribution in [2.24, 2.45) is 0 Å². The van der Waals surface area contributed by atoms with Crippen molar-refractivity contribution in [1.82, 2.24) is 24.6 Å². The summed E-state index contributed by atoms with van der Waals surface area (Å²) in [6, 6.07) is 29.0. The van der Waals surface area contributed by atoms with Crippen LogP contribution >= 0.6 is 0 Å². The van der Waals surface area contributed by atoms with E-state index in [2.05, 4.69) is 86.2 Å². The molecule has 0 N–H and O–H groups in total. The fourth-order valence-corrected chi connectivity index (χ4v) is 4.40. The average molecular weight is 473 g/mol. The maximum atomic E-state index is 9.08. The first-order valence-electron chi connectivity index (χ1n) is 12.1. The Morgan fingerprint density at radius 1 is 0.889 bits per heavy atom. The van der Waals surface area contributed by atoms with Gasteiger partial charge in [-0.25, -0.2) is 0 Å². The fourth-order valence-electron chi connectivity index (χ4n) is 4.40. The monoisotopic (exact) mass is 472 g/mol. The number of fused-ring (bicyclic) bond motifs is 1. The number of para-hydroxylation sites is 1. The molecule has 0 aliphatic heterocycles. The van der Waals surface area contributed by atoms with Gasteiger partial charge in [0.05, 0.1) is 30.2 Å². The lowest BCUT2D eigenvalue weighted by atomic mass is 10.1. The number of aryl methyl sites for hydroxylation is 1. The Kier molecular flexibility index (Phi) is 7.11. The zero-order valence-corrected chi connectivity index (χ0v) is 20.4. The minimum Gasteiger partial charge on any atom is -0.312 e. The largest absolute Gasteiger partial charge is 0.312 e. The van der Waals surface area contributed by atoms with E-state index in [9.17, 15) is 0 Å². The molecule has 6 nitrogen and oxygen atoms in total. The zero-order valence-electron chi connectivity index (χ0n) is 20.4. The molecule has 36 heavy (non-hydrogen) atoms. The molecule has 0 radical (unpaired) electrons. The summed E-state index contributed by atoms with van der Waals surface area (Å²) in [7, 11) is 0. The van der Waals surface area contributed by atoms with Crippen LogP contribution in [0.3, 0.4) is 0 Å². The van der Waals surface area contributed by atoms with Crippen LogP contribution in [0.25, 0.3) is 10.9 Å². The van der Waals surface area contributed by atoms with Gasteiger partial charge in [0, 0.05) is 24.7 Å². The minimum absolute atomic E-state index is 0.662. The van der Waals surface area contributed by atoms with Crippen LogP contribution in [0.15, 0.2) is 91.4 Å². The van der Waals surface area contributed by atoms with Crippen LogP contribution in [0.1, 0.15) is 33.6 Å². The Morgan fingerprint density at radius 3 is 2.47 bits per heavy atom. The van der Waals surface area contributed by atoms with Gasteiger partial charge in [0.1, 0.15) is 12.2 Å². The van der Waals surface area contributed by atoms with Crippen molar-refractivity contribution in [3.8, 4) is 6.07 Å². The predicted octanol–water partition coefficient (Wildman–Crippen LogP) is 5.30. The van der Waals surface area contributed by atoms with Gasteiger partial charge in [-0.2, -0.15) is 5.26 Å².